The molecule has 2 heterocycles. The molecule has 11 heteroatoms. The van der Waals surface area contributed by atoms with Gasteiger partial charge in [0.2, 0.25) is 17.7 Å². The Morgan fingerprint density at radius 3 is 2.67 bits per heavy atom. The second kappa shape index (κ2) is 10.9. The molecule has 0 unspecified atom stereocenters. The summed E-state index contributed by atoms with van der Waals surface area (Å²) in [5.41, 5.74) is 0.0736. The van der Waals surface area contributed by atoms with Gasteiger partial charge in [-0.1, -0.05) is 6.07 Å². The Hall–Kier alpha value is -3.50. The lowest BCUT2D eigenvalue weighted by molar-refractivity contribution is -0.139. The summed E-state index contributed by atoms with van der Waals surface area (Å²) in [7, 11) is 0. The predicted octanol–water partition coefficient (Wildman–Crippen LogP) is 0.128. The van der Waals surface area contributed by atoms with E-state index >= 15 is 0 Å². The molecule has 2 atom stereocenters. The molecule has 4 amide bonds. The molecule has 1 aromatic rings. The summed E-state index contributed by atoms with van der Waals surface area (Å²) in [6, 6.07) is 3.31. The molecular weight excluding hydrogens is 435 g/mol. The molecule has 2 aliphatic heterocycles. The number of aliphatic carboxylic acids is 1. The summed E-state index contributed by atoms with van der Waals surface area (Å²) in [4.78, 5) is 64.2. The van der Waals surface area contributed by atoms with Gasteiger partial charge in [0.05, 0.1) is 6.54 Å². The van der Waals surface area contributed by atoms with Crippen molar-refractivity contribution in [1.82, 2.24) is 20.4 Å². The SMILES string of the molecule is O=C(O)CCCC(=O)N1CCN(C(=O)c2cccc(F)c2)[C@H](C(=O)N[C@H]2CCCNC2=O)C1. The Kier molecular flexibility index (Phi) is 7.96. The monoisotopic (exact) mass is 462 g/mol. The van der Waals surface area contributed by atoms with Gasteiger partial charge in [-0.25, -0.2) is 4.39 Å². The highest BCUT2D eigenvalue weighted by molar-refractivity contribution is 5.99. The molecule has 0 saturated carbocycles. The first-order valence-corrected chi connectivity index (χ1v) is 10.9. The number of carboxylic acids is 1. The van der Waals surface area contributed by atoms with Gasteiger partial charge in [-0.15, -0.1) is 0 Å². The highest BCUT2D eigenvalue weighted by Crippen LogP contribution is 2.18. The van der Waals surface area contributed by atoms with E-state index in [9.17, 15) is 28.4 Å². The van der Waals surface area contributed by atoms with Gasteiger partial charge in [0, 0.05) is 38.0 Å². The maximum atomic E-state index is 13.7. The number of nitrogens with zero attached hydrogens (tertiary/aromatic N) is 2. The zero-order valence-electron chi connectivity index (χ0n) is 18.1. The van der Waals surface area contributed by atoms with E-state index in [0.717, 1.165) is 6.07 Å². The van der Waals surface area contributed by atoms with Crippen LogP contribution in [0.25, 0.3) is 0 Å². The highest BCUT2D eigenvalue weighted by Gasteiger charge is 2.38. The average Bonchev–Trinajstić information content (AvgIpc) is 2.79. The normalized spacial score (nSPS) is 20.7. The molecule has 10 nitrogen and oxygen atoms in total. The van der Waals surface area contributed by atoms with Crippen molar-refractivity contribution in [3.63, 3.8) is 0 Å². The van der Waals surface area contributed by atoms with Crippen molar-refractivity contribution in [2.75, 3.05) is 26.2 Å². The average molecular weight is 462 g/mol. The minimum absolute atomic E-state index is 0.00349. The summed E-state index contributed by atoms with van der Waals surface area (Å²) < 4.78 is 13.7. The van der Waals surface area contributed by atoms with Gasteiger partial charge in [0.15, 0.2) is 0 Å². The van der Waals surface area contributed by atoms with Crippen molar-refractivity contribution < 1.29 is 33.5 Å². The van der Waals surface area contributed by atoms with Gasteiger partial charge < -0.3 is 25.5 Å². The van der Waals surface area contributed by atoms with E-state index in [2.05, 4.69) is 10.6 Å². The van der Waals surface area contributed by atoms with Crippen LogP contribution in [0.4, 0.5) is 4.39 Å². The number of hydrogen-bond donors (Lipinski definition) is 3. The van der Waals surface area contributed by atoms with Crippen LogP contribution in [0.5, 0.6) is 0 Å². The Labute approximate surface area is 190 Å². The van der Waals surface area contributed by atoms with Gasteiger partial charge in [-0.3, -0.25) is 24.0 Å². The van der Waals surface area contributed by atoms with E-state index in [1.54, 1.807) is 0 Å². The number of hydrogen-bond acceptors (Lipinski definition) is 5. The smallest absolute Gasteiger partial charge is 0.303 e. The summed E-state index contributed by atoms with van der Waals surface area (Å²) in [6.07, 6.45) is 1.17. The van der Waals surface area contributed by atoms with Crippen LogP contribution in [-0.4, -0.2) is 82.8 Å². The second-order valence-corrected chi connectivity index (χ2v) is 8.11. The van der Waals surface area contributed by atoms with E-state index < -0.39 is 35.7 Å². The number of rotatable bonds is 7. The first kappa shape index (κ1) is 24.1. The summed E-state index contributed by atoms with van der Waals surface area (Å²) >= 11 is 0. The summed E-state index contributed by atoms with van der Waals surface area (Å²) in [6.45, 7) is 0.611. The Morgan fingerprint density at radius 2 is 1.97 bits per heavy atom. The van der Waals surface area contributed by atoms with Gasteiger partial charge in [0.1, 0.15) is 17.9 Å². The number of carboxylic acid groups (broad SMARTS) is 1. The lowest BCUT2D eigenvalue weighted by atomic mass is 10.0. The van der Waals surface area contributed by atoms with E-state index in [1.807, 2.05) is 0 Å². The minimum atomic E-state index is -1.08. The number of nitrogens with one attached hydrogen (secondary N) is 2. The van der Waals surface area contributed by atoms with Crippen molar-refractivity contribution in [2.24, 2.45) is 0 Å². The lowest BCUT2D eigenvalue weighted by Gasteiger charge is -2.41. The molecule has 2 aliphatic rings. The fraction of sp³-hybridized carbons (Fsp3) is 0.500. The van der Waals surface area contributed by atoms with Crippen molar-refractivity contribution in [1.29, 1.82) is 0 Å². The van der Waals surface area contributed by atoms with Gasteiger partial charge in [-0.2, -0.15) is 0 Å². The van der Waals surface area contributed by atoms with Crippen LogP contribution in [-0.2, 0) is 19.2 Å². The molecule has 0 bridgehead atoms. The first-order chi connectivity index (χ1) is 15.8. The van der Waals surface area contributed by atoms with Crippen molar-refractivity contribution >= 4 is 29.6 Å². The lowest BCUT2D eigenvalue weighted by Crippen LogP contribution is -2.63. The van der Waals surface area contributed by atoms with Crippen LogP contribution < -0.4 is 10.6 Å². The van der Waals surface area contributed by atoms with Crippen molar-refractivity contribution in [3.05, 3.63) is 35.6 Å². The maximum Gasteiger partial charge on any atom is 0.303 e. The second-order valence-electron chi connectivity index (χ2n) is 8.11. The van der Waals surface area contributed by atoms with E-state index in [-0.39, 0.29) is 56.3 Å². The molecular formula is C22H27FN4O6. The van der Waals surface area contributed by atoms with Crippen molar-refractivity contribution in [2.45, 2.75) is 44.2 Å². The molecule has 3 N–H and O–H groups in total. The molecule has 178 valence electrons. The molecule has 0 aliphatic carbocycles. The number of halogens is 1. The largest absolute Gasteiger partial charge is 0.481 e. The third-order valence-corrected chi connectivity index (χ3v) is 5.75. The summed E-state index contributed by atoms with van der Waals surface area (Å²) in [5, 5.41) is 14.1. The number of piperazine rings is 1. The maximum absolute atomic E-state index is 13.7. The quantitative estimate of drug-likeness (QED) is 0.527. The van der Waals surface area contributed by atoms with E-state index in [1.165, 1.54) is 28.0 Å². The molecule has 0 aromatic heterocycles. The Morgan fingerprint density at radius 1 is 1.18 bits per heavy atom. The zero-order chi connectivity index (χ0) is 24.0. The fourth-order valence-electron chi connectivity index (χ4n) is 3.99. The minimum Gasteiger partial charge on any atom is -0.481 e. The Balaban J connectivity index is 1.76. The van der Waals surface area contributed by atoms with E-state index in [4.69, 9.17) is 5.11 Å². The van der Waals surface area contributed by atoms with E-state index in [0.29, 0.717) is 19.4 Å². The van der Waals surface area contributed by atoms with Gasteiger partial charge >= 0.3 is 5.97 Å². The third kappa shape index (κ3) is 6.27. The molecule has 0 spiro atoms. The predicted molar refractivity (Wildman–Crippen MR) is 113 cm³/mol. The topological polar surface area (TPSA) is 136 Å². The number of piperidine rings is 1. The number of amides is 4. The van der Waals surface area contributed by atoms with Crippen LogP contribution in [0, 0.1) is 5.82 Å². The molecule has 2 saturated heterocycles. The molecule has 1 aromatic carbocycles. The van der Waals surface area contributed by atoms with Crippen molar-refractivity contribution in [3.8, 4) is 0 Å². The molecule has 33 heavy (non-hydrogen) atoms. The number of carbonyl (C=O) groups excluding carboxylic acids is 4. The van der Waals surface area contributed by atoms with Crippen LogP contribution in [0.2, 0.25) is 0 Å². The first-order valence-electron chi connectivity index (χ1n) is 10.9. The number of carbonyl (C=O) groups is 5. The molecule has 2 fully saturated rings. The zero-order valence-corrected chi connectivity index (χ0v) is 18.1. The van der Waals surface area contributed by atoms with Gasteiger partial charge in [0.25, 0.3) is 5.91 Å². The summed E-state index contributed by atoms with van der Waals surface area (Å²) in [5.74, 6) is -3.35. The van der Waals surface area contributed by atoms with Crippen LogP contribution in [0.15, 0.2) is 24.3 Å². The standard InChI is InChI=1S/C22H27FN4O6/c23-15-5-1-4-14(12-15)22(33)27-11-10-26(18(28)7-2-8-19(29)30)13-17(27)21(32)25-16-6-3-9-24-20(16)31/h1,4-5,12,16-17H,2-3,6-11,13H2,(H,24,31)(H,25,32)(H,29,30)/t16-,17-/m0/s1. The van der Waals surface area contributed by atoms with Gasteiger partial charge in [-0.05, 0) is 37.5 Å². The fourth-order valence-corrected chi connectivity index (χ4v) is 3.99. The molecule has 0 radical (unpaired) electrons. The molecule has 3 rings (SSSR count). The number of benzene rings is 1. The Bertz CT molecular complexity index is 939. The van der Waals surface area contributed by atoms with Crippen LogP contribution in [0.1, 0.15) is 42.5 Å². The van der Waals surface area contributed by atoms with Crippen LogP contribution >= 0.6 is 0 Å². The van der Waals surface area contributed by atoms with Crippen LogP contribution in [0.3, 0.4) is 0 Å². The third-order valence-electron chi connectivity index (χ3n) is 5.75. The highest BCUT2D eigenvalue weighted by atomic mass is 19.1.